The van der Waals surface area contributed by atoms with E-state index >= 15 is 0 Å². The summed E-state index contributed by atoms with van der Waals surface area (Å²) in [4.78, 5) is 17.1. The summed E-state index contributed by atoms with van der Waals surface area (Å²) >= 11 is 0. The van der Waals surface area contributed by atoms with Crippen LogP contribution in [0.15, 0.2) is 47.6 Å². The summed E-state index contributed by atoms with van der Waals surface area (Å²) in [5.41, 5.74) is 2.68. The Bertz CT molecular complexity index is 793. The molecule has 27 heavy (non-hydrogen) atoms. The van der Waals surface area contributed by atoms with Crippen molar-refractivity contribution in [1.82, 2.24) is 0 Å². The fourth-order valence-corrected chi connectivity index (χ4v) is 2.38. The molecule has 0 fully saturated rings. The minimum absolute atomic E-state index is 0.0710. The summed E-state index contributed by atoms with van der Waals surface area (Å²) in [6.45, 7) is 6.24. The number of nitrogens with zero attached hydrogens (tertiary/aromatic N) is 1. The molecule has 2 aromatic carbocycles. The molecule has 144 valence electrons. The molecule has 1 amide bonds. The van der Waals surface area contributed by atoms with E-state index in [0.29, 0.717) is 17.1 Å². The molecule has 0 bridgehead atoms. The summed E-state index contributed by atoms with van der Waals surface area (Å²) in [5.74, 6) is 1.02. The number of nitrogens with one attached hydrogen (secondary N) is 1. The third-order valence-electron chi connectivity index (χ3n) is 3.93. The highest BCUT2D eigenvalue weighted by molar-refractivity contribution is 5.91. The number of amides is 1. The van der Waals surface area contributed by atoms with Gasteiger partial charge < -0.3 is 19.6 Å². The van der Waals surface area contributed by atoms with Gasteiger partial charge in [-0.1, -0.05) is 38.1 Å². The van der Waals surface area contributed by atoms with Crippen LogP contribution in [0.5, 0.6) is 11.5 Å². The van der Waals surface area contributed by atoms with Gasteiger partial charge >= 0.3 is 0 Å². The van der Waals surface area contributed by atoms with E-state index in [1.807, 2.05) is 24.3 Å². The maximum Gasteiger partial charge on any atom is 0.265 e. The van der Waals surface area contributed by atoms with Crippen LogP contribution in [0.2, 0.25) is 0 Å². The number of anilines is 1. The molecule has 0 atom stereocenters. The third-order valence-corrected chi connectivity index (χ3v) is 3.93. The van der Waals surface area contributed by atoms with Gasteiger partial charge in [0.05, 0.1) is 20.4 Å². The van der Waals surface area contributed by atoms with Crippen LogP contribution in [0.4, 0.5) is 5.69 Å². The molecule has 6 heteroatoms. The lowest BCUT2D eigenvalue weighted by Crippen LogP contribution is -2.17. The molecule has 0 aliphatic heterocycles. The highest BCUT2D eigenvalue weighted by atomic mass is 16.6. The summed E-state index contributed by atoms with van der Waals surface area (Å²) < 4.78 is 10.4. The van der Waals surface area contributed by atoms with Gasteiger partial charge in [-0.25, -0.2) is 0 Å². The Morgan fingerprint density at radius 1 is 1.07 bits per heavy atom. The van der Waals surface area contributed by atoms with Crippen molar-refractivity contribution in [2.24, 2.45) is 5.16 Å². The zero-order chi connectivity index (χ0) is 19.9. The van der Waals surface area contributed by atoms with Crippen LogP contribution in [0.25, 0.3) is 0 Å². The summed E-state index contributed by atoms with van der Waals surface area (Å²) in [5, 5.41) is 6.61. The van der Waals surface area contributed by atoms with Crippen molar-refractivity contribution >= 4 is 17.8 Å². The molecular weight excluding hydrogens is 344 g/mol. The van der Waals surface area contributed by atoms with E-state index in [1.165, 1.54) is 11.8 Å². The minimum atomic E-state index is -0.284. The molecule has 0 saturated carbocycles. The smallest absolute Gasteiger partial charge is 0.265 e. The number of hydrogen-bond donors (Lipinski definition) is 1. The first-order chi connectivity index (χ1) is 12.8. The van der Waals surface area contributed by atoms with Gasteiger partial charge in [0.2, 0.25) is 0 Å². The maximum absolute atomic E-state index is 12.0. The Hall–Kier alpha value is -3.02. The number of hydrogen-bond acceptors (Lipinski definition) is 5. The first-order valence-corrected chi connectivity index (χ1v) is 8.61. The quantitative estimate of drug-likeness (QED) is 0.591. The van der Waals surface area contributed by atoms with Crippen LogP contribution in [0, 0.1) is 0 Å². The summed E-state index contributed by atoms with van der Waals surface area (Å²) in [7, 11) is 3.15. The van der Waals surface area contributed by atoms with Gasteiger partial charge in [0.1, 0.15) is 11.5 Å². The first kappa shape index (κ1) is 20.3. The lowest BCUT2D eigenvalue weighted by Gasteiger charge is -2.19. The summed E-state index contributed by atoms with van der Waals surface area (Å²) in [6, 6.07) is 13.1. The first-order valence-electron chi connectivity index (χ1n) is 8.61. The molecule has 6 nitrogen and oxygen atoms in total. The highest BCUT2D eigenvalue weighted by Crippen LogP contribution is 2.24. The van der Waals surface area contributed by atoms with Gasteiger partial charge in [-0.15, -0.1) is 0 Å². The number of carbonyl (C=O) groups is 1. The van der Waals surface area contributed by atoms with Crippen molar-refractivity contribution < 1.29 is 19.1 Å². The average Bonchev–Trinajstić information content (AvgIpc) is 2.64. The maximum atomic E-state index is 12.0. The molecule has 0 radical (unpaired) electrons. The minimum Gasteiger partial charge on any atom is -0.497 e. The van der Waals surface area contributed by atoms with Gasteiger partial charge in [-0.05, 0) is 41.3 Å². The second-order valence-electron chi connectivity index (χ2n) is 6.99. The lowest BCUT2D eigenvalue weighted by atomic mass is 9.87. The second-order valence-corrected chi connectivity index (χ2v) is 6.99. The Kier molecular flexibility index (Phi) is 6.82. The molecule has 0 heterocycles. The predicted molar refractivity (Wildman–Crippen MR) is 107 cm³/mol. The van der Waals surface area contributed by atoms with Gasteiger partial charge in [0, 0.05) is 11.3 Å². The lowest BCUT2D eigenvalue weighted by molar-refractivity contribution is -0.120. The number of carbonyl (C=O) groups excluding carboxylic acids is 1. The van der Waals surface area contributed by atoms with Crippen LogP contribution in [0.1, 0.15) is 31.9 Å². The zero-order valence-electron chi connectivity index (χ0n) is 16.4. The van der Waals surface area contributed by atoms with Crippen LogP contribution < -0.4 is 14.8 Å². The molecule has 2 rings (SSSR count). The van der Waals surface area contributed by atoms with Crippen molar-refractivity contribution in [2.75, 3.05) is 26.1 Å². The van der Waals surface area contributed by atoms with Crippen LogP contribution in [-0.4, -0.2) is 32.9 Å². The number of rotatable bonds is 7. The van der Waals surface area contributed by atoms with E-state index in [1.54, 1.807) is 32.4 Å². The standard InChI is InChI=1S/C21H26N2O4/c1-21(2,3)16-6-8-17(9-7-16)23-20(24)14-27-22-13-15-12-18(25-4)10-11-19(15)26-5/h6-13H,14H2,1-5H3,(H,23,24)/b22-13-. The fourth-order valence-electron chi connectivity index (χ4n) is 2.38. The van der Waals surface area contributed by atoms with E-state index in [4.69, 9.17) is 14.3 Å². The van der Waals surface area contributed by atoms with Crippen LogP contribution in [0.3, 0.4) is 0 Å². The van der Waals surface area contributed by atoms with Crippen LogP contribution >= 0.6 is 0 Å². The Morgan fingerprint density at radius 3 is 2.37 bits per heavy atom. The highest BCUT2D eigenvalue weighted by Gasteiger charge is 2.13. The summed E-state index contributed by atoms with van der Waals surface area (Å²) in [6.07, 6.45) is 1.48. The number of methoxy groups -OCH3 is 2. The normalized spacial score (nSPS) is 11.3. The molecule has 0 spiro atoms. The van der Waals surface area contributed by atoms with Crippen molar-refractivity contribution in [3.8, 4) is 11.5 Å². The fraction of sp³-hybridized carbons (Fsp3) is 0.333. The number of oxime groups is 1. The van der Waals surface area contributed by atoms with E-state index in [-0.39, 0.29) is 17.9 Å². The van der Waals surface area contributed by atoms with Gasteiger partial charge in [0.15, 0.2) is 6.61 Å². The Labute approximate surface area is 160 Å². The molecule has 1 N–H and O–H groups in total. The van der Waals surface area contributed by atoms with Crippen LogP contribution in [-0.2, 0) is 15.0 Å². The van der Waals surface area contributed by atoms with Gasteiger partial charge in [-0.3, -0.25) is 4.79 Å². The Balaban J connectivity index is 1.88. The molecule has 0 unspecified atom stereocenters. The number of benzene rings is 2. The van der Waals surface area contributed by atoms with Crippen molar-refractivity contribution in [1.29, 1.82) is 0 Å². The monoisotopic (exact) mass is 370 g/mol. The third kappa shape index (κ3) is 6.02. The molecule has 2 aromatic rings. The van der Waals surface area contributed by atoms with E-state index in [2.05, 4.69) is 31.2 Å². The van der Waals surface area contributed by atoms with Crippen molar-refractivity contribution in [3.05, 3.63) is 53.6 Å². The largest absolute Gasteiger partial charge is 0.497 e. The number of ether oxygens (including phenoxy) is 2. The van der Waals surface area contributed by atoms with Gasteiger partial charge in [0.25, 0.3) is 5.91 Å². The molecule has 0 aliphatic rings. The van der Waals surface area contributed by atoms with Crippen molar-refractivity contribution in [2.45, 2.75) is 26.2 Å². The predicted octanol–water partition coefficient (Wildman–Crippen LogP) is 3.99. The van der Waals surface area contributed by atoms with E-state index in [0.717, 1.165) is 5.69 Å². The van der Waals surface area contributed by atoms with Crippen molar-refractivity contribution in [3.63, 3.8) is 0 Å². The average molecular weight is 370 g/mol. The molecule has 0 aromatic heterocycles. The molecule has 0 aliphatic carbocycles. The topological polar surface area (TPSA) is 69.1 Å². The molecular formula is C21H26N2O4. The SMILES string of the molecule is COc1ccc(OC)c(/C=N\OCC(=O)Nc2ccc(C(C)(C)C)cc2)c1. The Morgan fingerprint density at radius 2 is 1.78 bits per heavy atom. The second kappa shape index (κ2) is 9.07. The molecule has 0 saturated heterocycles. The van der Waals surface area contributed by atoms with E-state index < -0.39 is 0 Å². The zero-order valence-corrected chi connectivity index (χ0v) is 16.4. The van der Waals surface area contributed by atoms with E-state index in [9.17, 15) is 4.79 Å². The van der Waals surface area contributed by atoms with Gasteiger partial charge in [-0.2, -0.15) is 0 Å².